The topological polar surface area (TPSA) is 50.8 Å². The second-order valence-electron chi connectivity index (χ2n) is 5.05. The molecule has 4 nitrogen and oxygen atoms in total. The van der Waals surface area contributed by atoms with Crippen LogP contribution in [0, 0.1) is 0 Å². The van der Waals surface area contributed by atoms with Gasteiger partial charge in [0.1, 0.15) is 11.6 Å². The van der Waals surface area contributed by atoms with Gasteiger partial charge in [0.25, 0.3) is 0 Å². The summed E-state index contributed by atoms with van der Waals surface area (Å²) in [4.78, 5) is 12.4. The van der Waals surface area contributed by atoms with E-state index in [0.29, 0.717) is 0 Å². The Morgan fingerprint density at radius 2 is 2.14 bits per heavy atom. The third-order valence-corrected chi connectivity index (χ3v) is 3.79. The molecule has 0 saturated heterocycles. The van der Waals surface area contributed by atoms with Crippen molar-refractivity contribution in [3.63, 3.8) is 0 Å². The highest BCUT2D eigenvalue weighted by Crippen LogP contribution is 2.30. The molecule has 22 heavy (non-hydrogen) atoms. The van der Waals surface area contributed by atoms with E-state index < -0.39 is 0 Å². The number of pyridine rings is 1. The van der Waals surface area contributed by atoms with Crippen molar-refractivity contribution in [1.29, 1.82) is 0 Å². The highest BCUT2D eigenvalue weighted by molar-refractivity contribution is 5.82. The second-order valence-corrected chi connectivity index (χ2v) is 5.05. The van der Waals surface area contributed by atoms with Crippen molar-refractivity contribution in [2.24, 2.45) is 0 Å². The van der Waals surface area contributed by atoms with Crippen LogP contribution in [0.1, 0.15) is 26.1 Å². The van der Waals surface area contributed by atoms with E-state index in [2.05, 4.69) is 34.0 Å². The molecule has 0 fully saturated rings. The summed E-state index contributed by atoms with van der Waals surface area (Å²) < 4.78 is 5.43. The molecule has 0 bridgehead atoms. The first-order chi connectivity index (χ1) is 10.8. The predicted octanol–water partition coefficient (Wildman–Crippen LogP) is 4.45. The van der Waals surface area contributed by atoms with Crippen LogP contribution in [0.5, 0.6) is 5.75 Å². The van der Waals surface area contributed by atoms with Gasteiger partial charge in [-0.1, -0.05) is 31.2 Å². The molecule has 112 valence electrons. The number of aromatic nitrogens is 3. The number of fused-ring (bicyclic) bond motifs is 1. The van der Waals surface area contributed by atoms with Crippen LogP contribution in [0.25, 0.3) is 27.9 Å². The van der Waals surface area contributed by atoms with Gasteiger partial charge in [-0.05, 0) is 31.1 Å². The molecule has 1 aromatic carbocycles. The number of benzene rings is 1. The zero-order valence-electron chi connectivity index (χ0n) is 13.1. The molecule has 0 aliphatic carbocycles. The lowest BCUT2D eigenvalue weighted by Crippen LogP contribution is -1.88. The molecule has 2 heterocycles. The fraction of sp³-hybridized carbons (Fsp3) is 0.222. The van der Waals surface area contributed by atoms with Crippen LogP contribution in [0.15, 0.2) is 42.6 Å². The Kier molecular flexibility index (Phi) is 3.92. The monoisotopic (exact) mass is 293 g/mol. The minimum atomic E-state index is 0.737. The summed E-state index contributed by atoms with van der Waals surface area (Å²) in [7, 11) is 1.68. The SMILES string of the molecule is C/C=C(\CC)c1nc2ncc(-c3ccccc3OC)cc2[nH]1. The van der Waals surface area contributed by atoms with E-state index >= 15 is 0 Å². The number of methoxy groups -OCH3 is 1. The van der Waals surface area contributed by atoms with Gasteiger partial charge in [0.05, 0.1) is 12.6 Å². The lowest BCUT2D eigenvalue weighted by Gasteiger charge is -2.07. The number of nitrogens with zero attached hydrogens (tertiary/aromatic N) is 2. The van der Waals surface area contributed by atoms with E-state index in [1.165, 1.54) is 5.57 Å². The standard InChI is InChI=1S/C18H19N3O/c1-4-12(5-2)17-20-15-10-13(11-19-18(15)21-17)14-8-6-7-9-16(14)22-3/h4,6-11H,5H2,1-3H3,(H,19,20,21)/b12-4+. The van der Waals surface area contributed by atoms with Gasteiger partial charge in [-0.25, -0.2) is 9.97 Å². The smallest absolute Gasteiger partial charge is 0.178 e. The summed E-state index contributed by atoms with van der Waals surface area (Å²) in [5.74, 6) is 1.73. The highest BCUT2D eigenvalue weighted by atomic mass is 16.5. The summed E-state index contributed by atoms with van der Waals surface area (Å²) >= 11 is 0. The number of nitrogens with one attached hydrogen (secondary N) is 1. The maximum atomic E-state index is 5.43. The van der Waals surface area contributed by atoms with E-state index in [-0.39, 0.29) is 0 Å². The molecule has 0 radical (unpaired) electrons. The number of hydrogen-bond acceptors (Lipinski definition) is 3. The molecule has 0 amide bonds. The summed E-state index contributed by atoms with van der Waals surface area (Å²) in [5.41, 5.74) is 4.90. The van der Waals surface area contributed by atoms with Crippen LogP contribution >= 0.6 is 0 Å². The number of H-pyrrole nitrogens is 1. The molecule has 4 heteroatoms. The molecule has 3 rings (SSSR count). The molecule has 0 aliphatic heterocycles. The van der Waals surface area contributed by atoms with Gasteiger partial charge in [0.15, 0.2) is 5.65 Å². The molecule has 0 unspecified atom stereocenters. The lowest BCUT2D eigenvalue weighted by atomic mass is 10.1. The predicted molar refractivity (Wildman–Crippen MR) is 89.8 cm³/mol. The summed E-state index contributed by atoms with van der Waals surface area (Å²) in [5, 5.41) is 0. The quantitative estimate of drug-likeness (QED) is 0.773. The number of aromatic amines is 1. The molecule has 0 saturated carbocycles. The van der Waals surface area contributed by atoms with Gasteiger partial charge in [-0.15, -0.1) is 0 Å². The van der Waals surface area contributed by atoms with E-state index in [1.807, 2.05) is 37.4 Å². The van der Waals surface area contributed by atoms with Crippen molar-refractivity contribution in [1.82, 2.24) is 15.0 Å². The first-order valence-corrected chi connectivity index (χ1v) is 7.41. The number of ether oxygens (including phenoxy) is 1. The molecule has 0 atom stereocenters. The summed E-state index contributed by atoms with van der Waals surface area (Å²) in [6, 6.07) is 10.0. The van der Waals surface area contributed by atoms with Gasteiger partial charge in [0, 0.05) is 17.3 Å². The van der Waals surface area contributed by atoms with Gasteiger partial charge in [-0.2, -0.15) is 0 Å². The van der Waals surface area contributed by atoms with Gasteiger partial charge in [0.2, 0.25) is 0 Å². The van der Waals surface area contributed by atoms with Crippen LogP contribution in [0.4, 0.5) is 0 Å². The molecular formula is C18H19N3O. The Bertz CT molecular complexity index is 833. The van der Waals surface area contributed by atoms with Crippen molar-refractivity contribution in [2.75, 3.05) is 7.11 Å². The number of para-hydroxylation sites is 1. The molecular weight excluding hydrogens is 274 g/mol. The van der Waals surface area contributed by atoms with Crippen LogP contribution in [-0.4, -0.2) is 22.1 Å². The zero-order valence-corrected chi connectivity index (χ0v) is 13.1. The van der Waals surface area contributed by atoms with E-state index in [1.54, 1.807) is 7.11 Å². The van der Waals surface area contributed by atoms with Crippen molar-refractivity contribution < 1.29 is 4.74 Å². The van der Waals surface area contributed by atoms with Crippen LogP contribution in [-0.2, 0) is 0 Å². The third-order valence-electron chi connectivity index (χ3n) is 3.79. The zero-order chi connectivity index (χ0) is 15.5. The highest BCUT2D eigenvalue weighted by Gasteiger charge is 2.10. The van der Waals surface area contributed by atoms with Gasteiger partial charge in [-0.3, -0.25) is 0 Å². The summed E-state index contributed by atoms with van der Waals surface area (Å²) in [6.07, 6.45) is 4.86. The first kappa shape index (κ1) is 14.3. The fourth-order valence-electron chi connectivity index (χ4n) is 2.59. The third kappa shape index (κ3) is 2.48. The molecule has 0 spiro atoms. The van der Waals surface area contributed by atoms with Crippen molar-refractivity contribution in [2.45, 2.75) is 20.3 Å². The average Bonchev–Trinajstić information content (AvgIpc) is 2.98. The van der Waals surface area contributed by atoms with Gasteiger partial charge < -0.3 is 9.72 Å². The summed E-state index contributed by atoms with van der Waals surface area (Å²) in [6.45, 7) is 4.15. The number of allylic oxidation sites excluding steroid dienone is 2. The van der Waals surface area contributed by atoms with Crippen molar-refractivity contribution in [3.05, 3.63) is 48.4 Å². The Balaban J connectivity index is 2.10. The van der Waals surface area contributed by atoms with Crippen LogP contribution < -0.4 is 4.74 Å². The minimum absolute atomic E-state index is 0.737. The number of imidazole rings is 1. The Labute approximate surface area is 129 Å². The Morgan fingerprint density at radius 3 is 2.86 bits per heavy atom. The first-order valence-electron chi connectivity index (χ1n) is 7.41. The van der Waals surface area contributed by atoms with Crippen molar-refractivity contribution >= 4 is 16.7 Å². The van der Waals surface area contributed by atoms with Crippen LogP contribution in [0.3, 0.4) is 0 Å². The Morgan fingerprint density at radius 1 is 1.32 bits per heavy atom. The molecule has 0 aliphatic rings. The minimum Gasteiger partial charge on any atom is -0.496 e. The second kappa shape index (κ2) is 6.02. The maximum absolute atomic E-state index is 5.43. The van der Waals surface area contributed by atoms with Gasteiger partial charge >= 0.3 is 0 Å². The van der Waals surface area contributed by atoms with E-state index in [0.717, 1.165) is 40.3 Å². The van der Waals surface area contributed by atoms with Crippen molar-refractivity contribution in [3.8, 4) is 16.9 Å². The number of hydrogen-bond donors (Lipinski definition) is 1. The van der Waals surface area contributed by atoms with E-state index in [9.17, 15) is 0 Å². The molecule has 1 N–H and O–H groups in total. The maximum Gasteiger partial charge on any atom is 0.178 e. The fourth-order valence-corrected chi connectivity index (χ4v) is 2.59. The Hall–Kier alpha value is -2.62. The average molecular weight is 293 g/mol. The molecule has 2 aromatic heterocycles. The van der Waals surface area contributed by atoms with Crippen LogP contribution in [0.2, 0.25) is 0 Å². The van der Waals surface area contributed by atoms with E-state index in [4.69, 9.17) is 4.74 Å². The lowest BCUT2D eigenvalue weighted by molar-refractivity contribution is 0.416. The molecule has 3 aromatic rings. The largest absolute Gasteiger partial charge is 0.496 e. The normalized spacial score (nSPS) is 11.9. The number of rotatable bonds is 4.